The van der Waals surface area contributed by atoms with Crippen LogP contribution >= 0.6 is 15.9 Å². The first-order valence-electron chi connectivity index (χ1n) is 3.50. The summed E-state index contributed by atoms with van der Waals surface area (Å²) in [5.41, 5.74) is 0.255. The lowest BCUT2D eigenvalue weighted by Crippen LogP contribution is -1.96. The van der Waals surface area contributed by atoms with Crippen molar-refractivity contribution in [3.05, 3.63) is 27.7 Å². The van der Waals surface area contributed by atoms with Crippen LogP contribution < -0.4 is 0 Å². The van der Waals surface area contributed by atoms with E-state index in [2.05, 4.69) is 15.9 Å². The Bertz CT molecular complexity index is 407. The van der Waals surface area contributed by atoms with Gasteiger partial charge in [-0.2, -0.15) is 5.26 Å². The SMILES string of the molecule is CC(=O)c1cc(Br)cc(O)c1C#N. The number of halogens is 1. The zero-order valence-corrected chi connectivity index (χ0v) is 8.42. The van der Waals surface area contributed by atoms with Crippen molar-refractivity contribution in [2.24, 2.45) is 0 Å². The third-order valence-electron chi connectivity index (χ3n) is 1.57. The summed E-state index contributed by atoms with van der Waals surface area (Å²) in [5.74, 6) is -0.421. The average Bonchev–Trinajstić information content (AvgIpc) is 2.02. The van der Waals surface area contributed by atoms with Crippen LogP contribution in [0.25, 0.3) is 0 Å². The molecule has 0 saturated carbocycles. The number of benzene rings is 1. The first-order valence-corrected chi connectivity index (χ1v) is 4.29. The number of hydrogen-bond acceptors (Lipinski definition) is 3. The van der Waals surface area contributed by atoms with E-state index in [-0.39, 0.29) is 22.7 Å². The highest BCUT2D eigenvalue weighted by molar-refractivity contribution is 9.10. The molecule has 0 amide bonds. The van der Waals surface area contributed by atoms with Crippen LogP contribution in [0, 0.1) is 11.3 Å². The van der Waals surface area contributed by atoms with Crippen LogP contribution in [0.15, 0.2) is 16.6 Å². The molecule has 0 radical (unpaired) electrons. The molecule has 0 saturated heterocycles. The third-order valence-corrected chi connectivity index (χ3v) is 2.03. The number of hydrogen-bond donors (Lipinski definition) is 1. The van der Waals surface area contributed by atoms with Crippen molar-refractivity contribution in [3.8, 4) is 11.8 Å². The molecule has 1 rings (SSSR count). The Hall–Kier alpha value is -1.34. The van der Waals surface area contributed by atoms with Crippen LogP contribution in [0.5, 0.6) is 5.75 Å². The molecule has 66 valence electrons. The highest BCUT2D eigenvalue weighted by Crippen LogP contribution is 2.26. The number of carbonyl (C=O) groups excluding carboxylic acids is 1. The van der Waals surface area contributed by atoms with E-state index in [0.29, 0.717) is 4.47 Å². The molecule has 0 atom stereocenters. The zero-order chi connectivity index (χ0) is 10.0. The first-order chi connectivity index (χ1) is 6.06. The monoisotopic (exact) mass is 239 g/mol. The van der Waals surface area contributed by atoms with E-state index in [1.54, 1.807) is 6.07 Å². The van der Waals surface area contributed by atoms with Gasteiger partial charge in [0.25, 0.3) is 0 Å². The maximum absolute atomic E-state index is 11.0. The van der Waals surface area contributed by atoms with E-state index in [0.717, 1.165) is 0 Å². The minimum Gasteiger partial charge on any atom is -0.507 e. The van der Waals surface area contributed by atoms with E-state index >= 15 is 0 Å². The fraction of sp³-hybridized carbons (Fsp3) is 0.111. The maximum atomic E-state index is 11.0. The van der Waals surface area contributed by atoms with Gasteiger partial charge in [-0.05, 0) is 19.1 Å². The van der Waals surface area contributed by atoms with Crippen molar-refractivity contribution in [1.29, 1.82) is 5.26 Å². The van der Waals surface area contributed by atoms with Gasteiger partial charge in [-0.3, -0.25) is 4.79 Å². The summed E-state index contributed by atoms with van der Waals surface area (Å²) in [6, 6.07) is 4.68. The molecule has 1 aromatic carbocycles. The van der Waals surface area contributed by atoms with Crippen LogP contribution in [-0.2, 0) is 0 Å². The van der Waals surface area contributed by atoms with Crippen molar-refractivity contribution in [1.82, 2.24) is 0 Å². The topological polar surface area (TPSA) is 61.1 Å². The number of rotatable bonds is 1. The predicted octanol–water partition coefficient (Wildman–Crippen LogP) is 2.23. The summed E-state index contributed by atoms with van der Waals surface area (Å²) in [6.45, 7) is 1.35. The maximum Gasteiger partial charge on any atom is 0.161 e. The Kier molecular flexibility index (Phi) is 2.69. The van der Waals surface area contributed by atoms with E-state index < -0.39 is 0 Å². The van der Waals surface area contributed by atoms with Gasteiger partial charge in [0.15, 0.2) is 5.78 Å². The molecular weight excluding hydrogens is 234 g/mol. The number of nitrogens with zero attached hydrogens (tertiary/aromatic N) is 1. The molecule has 0 heterocycles. The van der Waals surface area contributed by atoms with Crippen LogP contribution in [0.4, 0.5) is 0 Å². The molecule has 13 heavy (non-hydrogen) atoms. The molecule has 1 N–H and O–H groups in total. The molecule has 1 aromatic rings. The molecule has 0 bridgehead atoms. The van der Waals surface area contributed by atoms with Crippen molar-refractivity contribution < 1.29 is 9.90 Å². The lowest BCUT2D eigenvalue weighted by molar-refractivity contribution is 0.101. The quantitative estimate of drug-likeness (QED) is 0.765. The van der Waals surface area contributed by atoms with E-state index in [9.17, 15) is 9.90 Å². The summed E-state index contributed by atoms with van der Waals surface area (Å²) in [4.78, 5) is 11.0. The Morgan fingerprint density at radius 3 is 2.69 bits per heavy atom. The van der Waals surface area contributed by atoms with Gasteiger partial charge in [0, 0.05) is 10.0 Å². The zero-order valence-electron chi connectivity index (χ0n) is 6.84. The number of Topliss-reactive ketones (excluding diaryl/α,β-unsaturated/α-hetero) is 1. The van der Waals surface area contributed by atoms with Crippen LogP contribution in [0.1, 0.15) is 22.8 Å². The Morgan fingerprint density at radius 2 is 2.23 bits per heavy atom. The van der Waals surface area contributed by atoms with Gasteiger partial charge in [0.1, 0.15) is 17.4 Å². The van der Waals surface area contributed by atoms with Crippen LogP contribution in [0.2, 0.25) is 0 Å². The number of carbonyl (C=O) groups is 1. The minimum absolute atomic E-state index is 0.0238. The highest BCUT2D eigenvalue weighted by Gasteiger charge is 2.12. The van der Waals surface area contributed by atoms with Crippen molar-refractivity contribution >= 4 is 21.7 Å². The van der Waals surface area contributed by atoms with Crippen LogP contribution in [-0.4, -0.2) is 10.9 Å². The molecule has 0 unspecified atom stereocenters. The Labute approximate surface area is 83.7 Å². The number of ketones is 1. The summed E-state index contributed by atoms with van der Waals surface area (Å²) in [5, 5.41) is 18.0. The summed E-state index contributed by atoms with van der Waals surface area (Å²) in [7, 11) is 0. The average molecular weight is 240 g/mol. The van der Waals surface area contributed by atoms with Gasteiger partial charge < -0.3 is 5.11 Å². The Morgan fingerprint density at radius 1 is 1.62 bits per heavy atom. The molecular formula is C9H6BrNO2. The predicted molar refractivity (Wildman–Crippen MR) is 50.5 cm³/mol. The van der Waals surface area contributed by atoms with Crippen molar-refractivity contribution in [2.75, 3.05) is 0 Å². The van der Waals surface area contributed by atoms with Gasteiger partial charge in [-0.15, -0.1) is 0 Å². The number of phenolic OH excluding ortho intramolecular Hbond substituents is 1. The van der Waals surface area contributed by atoms with Gasteiger partial charge >= 0.3 is 0 Å². The smallest absolute Gasteiger partial charge is 0.161 e. The normalized spacial score (nSPS) is 9.31. The summed E-state index contributed by atoms with van der Waals surface area (Å²) in [6.07, 6.45) is 0. The molecule has 0 aliphatic rings. The second-order valence-electron chi connectivity index (χ2n) is 2.52. The van der Waals surface area contributed by atoms with Gasteiger partial charge in [-0.25, -0.2) is 0 Å². The molecule has 0 aromatic heterocycles. The second-order valence-corrected chi connectivity index (χ2v) is 3.43. The van der Waals surface area contributed by atoms with E-state index in [1.807, 2.05) is 0 Å². The third kappa shape index (κ3) is 1.87. The molecule has 4 heteroatoms. The minimum atomic E-state index is -0.242. The second kappa shape index (κ2) is 3.58. The van der Waals surface area contributed by atoms with Gasteiger partial charge in [-0.1, -0.05) is 15.9 Å². The van der Waals surface area contributed by atoms with E-state index in [4.69, 9.17) is 5.26 Å². The van der Waals surface area contributed by atoms with Crippen LogP contribution in [0.3, 0.4) is 0 Å². The summed E-state index contributed by atoms with van der Waals surface area (Å²) >= 11 is 3.12. The number of aromatic hydroxyl groups is 1. The van der Waals surface area contributed by atoms with Gasteiger partial charge in [0.05, 0.1) is 0 Å². The number of phenols is 1. The molecule has 0 aliphatic carbocycles. The largest absolute Gasteiger partial charge is 0.507 e. The molecule has 0 spiro atoms. The fourth-order valence-corrected chi connectivity index (χ4v) is 1.43. The Balaban J connectivity index is 3.50. The first kappa shape index (κ1) is 9.75. The molecule has 0 fully saturated rings. The lowest BCUT2D eigenvalue weighted by atomic mass is 10.0. The van der Waals surface area contributed by atoms with Crippen molar-refractivity contribution in [3.63, 3.8) is 0 Å². The fourth-order valence-electron chi connectivity index (χ4n) is 0.988. The molecule has 3 nitrogen and oxygen atoms in total. The summed E-state index contributed by atoms with van der Waals surface area (Å²) < 4.78 is 0.578. The van der Waals surface area contributed by atoms with E-state index in [1.165, 1.54) is 19.1 Å². The standard InChI is InChI=1S/C9H6BrNO2/c1-5(12)7-2-6(10)3-9(13)8(7)4-11/h2-3,13H,1H3. The highest BCUT2D eigenvalue weighted by atomic mass is 79.9. The van der Waals surface area contributed by atoms with Crippen molar-refractivity contribution in [2.45, 2.75) is 6.92 Å². The molecule has 0 aliphatic heterocycles. The number of nitriles is 1. The van der Waals surface area contributed by atoms with Gasteiger partial charge in [0.2, 0.25) is 0 Å². The lowest BCUT2D eigenvalue weighted by Gasteiger charge is -2.02.